The van der Waals surface area contributed by atoms with Gasteiger partial charge in [0.1, 0.15) is 5.82 Å². The second-order valence-electron chi connectivity index (χ2n) is 4.49. The van der Waals surface area contributed by atoms with Gasteiger partial charge in [0.15, 0.2) is 9.84 Å². The first kappa shape index (κ1) is 15.2. The maximum atomic E-state index is 13.2. The standard InChI is InChI=1S/C14H13BrFNO2S/c1-20(18,19)11-5-2-9(3-6-11)14(17)10-4-7-13(16)12(15)8-10/h2-8,14H,17H2,1H3. The molecule has 0 saturated carbocycles. The summed E-state index contributed by atoms with van der Waals surface area (Å²) < 4.78 is 36.3. The fraction of sp³-hybridized carbons (Fsp3) is 0.143. The van der Waals surface area contributed by atoms with Gasteiger partial charge in [-0.05, 0) is 51.3 Å². The van der Waals surface area contributed by atoms with E-state index in [0.29, 0.717) is 4.47 Å². The fourth-order valence-corrected chi connectivity index (χ4v) is 2.85. The molecule has 0 heterocycles. The zero-order valence-corrected chi connectivity index (χ0v) is 13.1. The van der Waals surface area contributed by atoms with Gasteiger partial charge < -0.3 is 5.73 Å². The highest BCUT2D eigenvalue weighted by Crippen LogP contribution is 2.25. The summed E-state index contributed by atoms with van der Waals surface area (Å²) in [6.07, 6.45) is 1.15. The Morgan fingerprint density at radius 3 is 2.15 bits per heavy atom. The molecule has 0 radical (unpaired) electrons. The minimum atomic E-state index is -3.22. The molecule has 0 aliphatic rings. The van der Waals surface area contributed by atoms with E-state index in [1.54, 1.807) is 24.3 Å². The second kappa shape index (κ2) is 5.63. The minimum absolute atomic E-state index is 0.244. The number of halogens is 2. The summed E-state index contributed by atoms with van der Waals surface area (Å²) in [4.78, 5) is 0.244. The van der Waals surface area contributed by atoms with Gasteiger partial charge in [-0.1, -0.05) is 18.2 Å². The normalized spacial score (nSPS) is 13.2. The molecule has 1 atom stereocenters. The number of hydrogen-bond acceptors (Lipinski definition) is 3. The van der Waals surface area contributed by atoms with Crippen LogP contribution < -0.4 is 5.73 Å². The zero-order valence-electron chi connectivity index (χ0n) is 10.7. The van der Waals surface area contributed by atoms with Crippen LogP contribution in [0.2, 0.25) is 0 Å². The van der Waals surface area contributed by atoms with Gasteiger partial charge in [0.2, 0.25) is 0 Å². The summed E-state index contributed by atoms with van der Waals surface area (Å²) in [6, 6.07) is 10.5. The first-order valence-corrected chi connectivity index (χ1v) is 8.48. The van der Waals surface area contributed by atoms with Crippen molar-refractivity contribution in [3.05, 3.63) is 63.9 Å². The van der Waals surface area contributed by atoms with E-state index in [1.807, 2.05) is 0 Å². The lowest BCUT2D eigenvalue weighted by Crippen LogP contribution is -2.12. The summed E-state index contributed by atoms with van der Waals surface area (Å²) in [5, 5.41) is 0. The summed E-state index contributed by atoms with van der Waals surface area (Å²) in [5.41, 5.74) is 7.60. The van der Waals surface area contributed by atoms with Crippen LogP contribution in [0.5, 0.6) is 0 Å². The fourth-order valence-electron chi connectivity index (χ4n) is 1.82. The van der Waals surface area contributed by atoms with Crippen molar-refractivity contribution in [3.63, 3.8) is 0 Å². The predicted octanol–water partition coefficient (Wildman–Crippen LogP) is 3.04. The summed E-state index contributed by atoms with van der Waals surface area (Å²) >= 11 is 3.11. The van der Waals surface area contributed by atoms with Crippen LogP contribution in [0.3, 0.4) is 0 Å². The highest BCUT2D eigenvalue weighted by Gasteiger charge is 2.12. The lowest BCUT2D eigenvalue weighted by Gasteiger charge is -2.13. The average Bonchev–Trinajstić information content (AvgIpc) is 2.40. The third kappa shape index (κ3) is 3.26. The minimum Gasteiger partial charge on any atom is -0.320 e. The molecule has 0 amide bonds. The Bertz CT molecular complexity index is 729. The Hall–Kier alpha value is -1.24. The summed E-state index contributed by atoms with van der Waals surface area (Å²) in [6.45, 7) is 0. The molecule has 0 bridgehead atoms. The second-order valence-corrected chi connectivity index (χ2v) is 7.36. The number of sulfone groups is 1. The van der Waals surface area contributed by atoms with Crippen molar-refractivity contribution < 1.29 is 12.8 Å². The van der Waals surface area contributed by atoms with Gasteiger partial charge in [-0.15, -0.1) is 0 Å². The monoisotopic (exact) mass is 357 g/mol. The van der Waals surface area contributed by atoms with Crippen molar-refractivity contribution in [3.8, 4) is 0 Å². The third-order valence-corrected chi connectivity index (χ3v) is 4.71. The molecule has 2 rings (SSSR count). The van der Waals surface area contributed by atoms with Crippen LogP contribution in [0.15, 0.2) is 51.8 Å². The van der Waals surface area contributed by atoms with Crippen molar-refractivity contribution in [1.82, 2.24) is 0 Å². The zero-order chi connectivity index (χ0) is 14.9. The summed E-state index contributed by atoms with van der Waals surface area (Å²) in [5.74, 6) is -0.353. The molecule has 0 aliphatic carbocycles. The van der Waals surface area contributed by atoms with Crippen LogP contribution in [0.4, 0.5) is 4.39 Å². The number of hydrogen-bond donors (Lipinski definition) is 1. The van der Waals surface area contributed by atoms with E-state index in [2.05, 4.69) is 15.9 Å². The molecule has 0 spiro atoms. The van der Waals surface area contributed by atoms with E-state index in [1.165, 1.54) is 18.2 Å². The molecule has 106 valence electrons. The SMILES string of the molecule is CS(=O)(=O)c1ccc(C(N)c2ccc(F)c(Br)c2)cc1. The van der Waals surface area contributed by atoms with Gasteiger partial charge in [0.05, 0.1) is 15.4 Å². The van der Waals surface area contributed by atoms with Crippen molar-refractivity contribution >= 4 is 25.8 Å². The smallest absolute Gasteiger partial charge is 0.175 e. The molecule has 1 unspecified atom stereocenters. The van der Waals surface area contributed by atoms with E-state index in [-0.39, 0.29) is 10.7 Å². The topological polar surface area (TPSA) is 60.2 Å². The first-order valence-electron chi connectivity index (χ1n) is 5.79. The Morgan fingerprint density at radius 2 is 1.65 bits per heavy atom. The van der Waals surface area contributed by atoms with Gasteiger partial charge in [-0.3, -0.25) is 0 Å². The van der Waals surface area contributed by atoms with E-state index in [4.69, 9.17) is 5.73 Å². The predicted molar refractivity (Wildman–Crippen MR) is 79.7 cm³/mol. The van der Waals surface area contributed by atoms with Crippen LogP contribution in [-0.2, 0) is 9.84 Å². The van der Waals surface area contributed by atoms with Gasteiger partial charge >= 0.3 is 0 Å². The molecule has 0 saturated heterocycles. The van der Waals surface area contributed by atoms with Gasteiger partial charge in [0, 0.05) is 6.26 Å². The Morgan fingerprint density at radius 1 is 1.10 bits per heavy atom. The van der Waals surface area contributed by atoms with Crippen molar-refractivity contribution in [2.75, 3.05) is 6.26 Å². The van der Waals surface area contributed by atoms with Crippen LogP contribution in [0, 0.1) is 5.82 Å². The number of nitrogens with two attached hydrogens (primary N) is 1. The maximum absolute atomic E-state index is 13.2. The Kier molecular flexibility index (Phi) is 4.27. The van der Waals surface area contributed by atoms with E-state index < -0.39 is 15.9 Å². The molecular weight excluding hydrogens is 345 g/mol. The highest BCUT2D eigenvalue weighted by molar-refractivity contribution is 9.10. The van der Waals surface area contributed by atoms with E-state index in [9.17, 15) is 12.8 Å². The largest absolute Gasteiger partial charge is 0.320 e. The van der Waals surface area contributed by atoms with Crippen molar-refractivity contribution in [2.24, 2.45) is 5.73 Å². The van der Waals surface area contributed by atoms with Crippen LogP contribution in [-0.4, -0.2) is 14.7 Å². The maximum Gasteiger partial charge on any atom is 0.175 e. The van der Waals surface area contributed by atoms with E-state index >= 15 is 0 Å². The number of benzene rings is 2. The molecule has 3 nitrogen and oxygen atoms in total. The van der Waals surface area contributed by atoms with Crippen LogP contribution >= 0.6 is 15.9 Å². The van der Waals surface area contributed by atoms with Gasteiger partial charge in [-0.25, -0.2) is 12.8 Å². The molecule has 20 heavy (non-hydrogen) atoms. The lowest BCUT2D eigenvalue weighted by atomic mass is 10.00. The van der Waals surface area contributed by atoms with E-state index in [0.717, 1.165) is 17.4 Å². The molecule has 0 aliphatic heterocycles. The molecule has 2 aromatic rings. The third-order valence-electron chi connectivity index (χ3n) is 2.97. The average molecular weight is 358 g/mol. The molecule has 0 fully saturated rings. The molecule has 2 N–H and O–H groups in total. The van der Waals surface area contributed by atoms with Gasteiger partial charge in [-0.2, -0.15) is 0 Å². The van der Waals surface area contributed by atoms with Gasteiger partial charge in [0.25, 0.3) is 0 Å². The van der Waals surface area contributed by atoms with Crippen molar-refractivity contribution in [1.29, 1.82) is 0 Å². The Balaban J connectivity index is 2.33. The Labute approximate surface area is 125 Å². The van der Waals surface area contributed by atoms with Crippen LogP contribution in [0.1, 0.15) is 17.2 Å². The highest BCUT2D eigenvalue weighted by atomic mass is 79.9. The molecule has 2 aromatic carbocycles. The first-order chi connectivity index (χ1) is 9.29. The molecule has 0 aromatic heterocycles. The van der Waals surface area contributed by atoms with Crippen LogP contribution in [0.25, 0.3) is 0 Å². The number of rotatable bonds is 3. The lowest BCUT2D eigenvalue weighted by molar-refractivity contribution is 0.601. The molecule has 6 heteroatoms. The van der Waals surface area contributed by atoms with Crippen molar-refractivity contribution in [2.45, 2.75) is 10.9 Å². The quantitative estimate of drug-likeness (QED) is 0.918. The molecular formula is C14H13BrFNO2S. The summed E-state index contributed by atoms with van der Waals surface area (Å²) in [7, 11) is -3.22.